The van der Waals surface area contributed by atoms with Gasteiger partial charge in [-0.05, 0) is 5.56 Å². The molecule has 0 atom stereocenters. The molecular formula is C19H15N3O2S. The fourth-order valence-corrected chi connectivity index (χ4v) is 3.32. The van der Waals surface area contributed by atoms with Crippen LogP contribution in [0.2, 0.25) is 0 Å². The van der Waals surface area contributed by atoms with Gasteiger partial charge in [-0.1, -0.05) is 60.7 Å². The Morgan fingerprint density at radius 3 is 2.56 bits per heavy atom. The van der Waals surface area contributed by atoms with Gasteiger partial charge in [0, 0.05) is 17.1 Å². The standard InChI is InChI=1S/C19H15N3O2S/c23-18(21-24-13-14-7-3-1-4-8-14)17-16(15-9-5-2-6-10-15)20-19-22(17)11-12-25-19/h1-12H,13H2,(H,21,23). The third kappa shape index (κ3) is 3.17. The lowest BCUT2D eigenvalue weighted by molar-refractivity contribution is 0.0229. The average molecular weight is 349 g/mol. The van der Waals surface area contributed by atoms with Gasteiger partial charge in [0.2, 0.25) is 0 Å². The van der Waals surface area contributed by atoms with Crippen LogP contribution in [0.3, 0.4) is 0 Å². The summed E-state index contributed by atoms with van der Waals surface area (Å²) in [4.78, 5) is 23.5. The summed E-state index contributed by atoms with van der Waals surface area (Å²) < 4.78 is 1.79. The van der Waals surface area contributed by atoms with Crippen molar-refractivity contribution in [3.05, 3.63) is 83.5 Å². The van der Waals surface area contributed by atoms with E-state index in [1.165, 1.54) is 11.3 Å². The van der Waals surface area contributed by atoms with E-state index in [2.05, 4.69) is 10.5 Å². The Morgan fingerprint density at radius 2 is 1.80 bits per heavy atom. The number of nitrogens with zero attached hydrogens (tertiary/aromatic N) is 2. The highest BCUT2D eigenvalue weighted by Gasteiger charge is 2.21. The second kappa shape index (κ2) is 6.88. The van der Waals surface area contributed by atoms with E-state index in [1.807, 2.05) is 72.2 Å². The van der Waals surface area contributed by atoms with Crippen LogP contribution >= 0.6 is 11.3 Å². The molecule has 0 fully saturated rings. The number of amides is 1. The lowest BCUT2D eigenvalue weighted by Gasteiger charge is -2.07. The lowest BCUT2D eigenvalue weighted by atomic mass is 10.1. The number of fused-ring (bicyclic) bond motifs is 1. The van der Waals surface area contributed by atoms with Crippen molar-refractivity contribution in [1.82, 2.24) is 14.9 Å². The molecule has 0 saturated heterocycles. The third-order valence-electron chi connectivity index (χ3n) is 3.77. The molecule has 0 spiro atoms. The van der Waals surface area contributed by atoms with E-state index in [0.717, 1.165) is 16.1 Å². The van der Waals surface area contributed by atoms with Gasteiger partial charge in [0.15, 0.2) is 4.96 Å². The van der Waals surface area contributed by atoms with Crippen molar-refractivity contribution < 1.29 is 9.63 Å². The first-order valence-corrected chi connectivity index (χ1v) is 8.68. The number of benzene rings is 2. The minimum absolute atomic E-state index is 0.304. The first kappa shape index (κ1) is 15.6. The highest BCUT2D eigenvalue weighted by atomic mass is 32.1. The number of rotatable bonds is 5. The molecule has 0 aliphatic heterocycles. The summed E-state index contributed by atoms with van der Waals surface area (Å²) in [6.45, 7) is 0.304. The van der Waals surface area contributed by atoms with Gasteiger partial charge in [0.25, 0.3) is 5.91 Å². The van der Waals surface area contributed by atoms with Gasteiger partial charge < -0.3 is 0 Å². The Hall–Kier alpha value is -2.96. The molecule has 0 saturated carbocycles. The third-order valence-corrected chi connectivity index (χ3v) is 4.53. The van der Waals surface area contributed by atoms with Gasteiger partial charge in [-0.15, -0.1) is 11.3 Å². The van der Waals surface area contributed by atoms with E-state index in [9.17, 15) is 4.79 Å². The minimum Gasteiger partial charge on any atom is -0.285 e. The predicted molar refractivity (Wildman–Crippen MR) is 97.2 cm³/mol. The van der Waals surface area contributed by atoms with Crippen molar-refractivity contribution in [3.63, 3.8) is 0 Å². The molecule has 0 aliphatic rings. The van der Waals surface area contributed by atoms with Crippen LogP contribution in [0.25, 0.3) is 16.2 Å². The number of nitrogens with one attached hydrogen (secondary N) is 1. The van der Waals surface area contributed by atoms with Gasteiger partial charge in [-0.2, -0.15) is 0 Å². The van der Waals surface area contributed by atoms with Crippen LogP contribution in [0, 0.1) is 0 Å². The number of imidazole rings is 1. The number of carbonyl (C=O) groups excluding carboxylic acids is 1. The van der Waals surface area contributed by atoms with Gasteiger partial charge in [-0.3, -0.25) is 14.0 Å². The second-order valence-corrected chi connectivity index (χ2v) is 6.31. The van der Waals surface area contributed by atoms with Crippen LogP contribution in [0.4, 0.5) is 0 Å². The Bertz CT molecular complexity index is 993. The molecule has 0 aliphatic carbocycles. The van der Waals surface area contributed by atoms with Gasteiger partial charge >= 0.3 is 0 Å². The maximum absolute atomic E-state index is 12.7. The smallest absolute Gasteiger partial charge is 0.285 e. The van der Waals surface area contributed by atoms with Crippen molar-refractivity contribution in [3.8, 4) is 11.3 Å². The molecule has 0 radical (unpaired) electrons. The van der Waals surface area contributed by atoms with Crippen LogP contribution < -0.4 is 5.48 Å². The molecule has 2 heterocycles. The molecule has 5 nitrogen and oxygen atoms in total. The predicted octanol–water partition coefficient (Wildman–Crippen LogP) is 3.92. The van der Waals surface area contributed by atoms with Crippen molar-refractivity contribution in [2.45, 2.75) is 6.61 Å². The minimum atomic E-state index is -0.319. The molecule has 25 heavy (non-hydrogen) atoms. The summed E-state index contributed by atoms with van der Waals surface area (Å²) in [6.07, 6.45) is 1.84. The summed E-state index contributed by atoms with van der Waals surface area (Å²) in [5.74, 6) is -0.319. The van der Waals surface area contributed by atoms with Crippen molar-refractivity contribution in [2.75, 3.05) is 0 Å². The largest absolute Gasteiger partial charge is 0.294 e. The SMILES string of the molecule is O=C(NOCc1ccccc1)c1c(-c2ccccc2)nc2sccn12. The Morgan fingerprint density at radius 1 is 1.08 bits per heavy atom. The fourth-order valence-electron chi connectivity index (χ4n) is 2.61. The zero-order valence-electron chi connectivity index (χ0n) is 13.3. The molecule has 2 aromatic carbocycles. The molecule has 6 heteroatoms. The highest BCUT2D eigenvalue weighted by molar-refractivity contribution is 7.15. The number of hydrogen-bond donors (Lipinski definition) is 1. The molecule has 124 valence electrons. The highest BCUT2D eigenvalue weighted by Crippen LogP contribution is 2.26. The molecule has 2 aromatic heterocycles. The Balaban J connectivity index is 1.59. The zero-order valence-corrected chi connectivity index (χ0v) is 14.1. The molecular weight excluding hydrogens is 334 g/mol. The molecule has 1 amide bonds. The van der Waals surface area contributed by atoms with Crippen LogP contribution in [-0.4, -0.2) is 15.3 Å². The van der Waals surface area contributed by atoms with E-state index in [0.29, 0.717) is 18.0 Å². The monoisotopic (exact) mass is 349 g/mol. The summed E-state index contributed by atoms with van der Waals surface area (Å²) in [7, 11) is 0. The summed E-state index contributed by atoms with van der Waals surface area (Å²) in [6, 6.07) is 19.3. The summed E-state index contributed by atoms with van der Waals surface area (Å²) in [5, 5.41) is 1.90. The quantitative estimate of drug-likeness (QED) is 0.556. The molecule has 4 aromatic rings. The molecule has 0 unspecified atom stereocenters. The van der Waals surface area contributed by atoms with Gasteiger partial charge in [-0.25, -0.2) is 10.5 Å². The second-order valence-electron chi connectivity index (χ2n) is 5.44. The lowest BCUT2D eigenvalue weighted by Crippen LogP contribution is -2.25. The maximum atomic E-state index is 12.7. The maximum Gasteiger partial charge on any atom is 0.294 e. The van der Waals surface area contributed by atoms with Gasteiger partial charge in [0.1, 0.15) is 11.4 Å². The summed E-state index contributed by atoms with van der Waals surface area (Å²) >= 11 is 1.49. The van der Waals surface area contributed by atoms with Crippen molar-refractivity contribution >= 4 is 22.2 Å². The zero-order chi connectivity index (χ0) is 17.1. The van der Waals surface area contributed by atoms with Crippen LogP contribution in [0.1, 0.15) is 16.1 Å². The van der Waals surface area contributed by atoms with Crippen LogP contribution in [0.15, 0.2) is 72.2 Å². The fraction of sp³-hybridized carbons (Fsp3) is 0.0526. The van der Waals surface area contributed by atoms with E-state index < -0.39 is 0 Å². The van der Waals surface area contributed by atoms with Gasteiger partial charge in [0.05, 0.1) is 6.61 Å². The number of thiazole rings is 1. The van der Waals surface area contributed by atoms with Crippen LogP contribution in [-0.2, 0) is 11.4 Å². The first-order valence-electron chi connectivity index (χ1n) is 7.80. The molecule has 0 bridgehead atoms. The van der Waals surface area contributed by atoms with Crippen molar-refractivity contribution in [1.29, 1.82) is 0 Å². The van der Waals surface area contributed by atoms with E-state index in [1.54, 1.807) is 4.40 Å². The van der Waals surface area contributed by atoms with Crippen molar-refractivity contribution in [2.24, 2.45) is 0 Å². The molecule has 1 N–H and O–H groups in total. The number of carbonyl (C=O) groups is 1. The number of aromatic nitrogens is 2. The van der Waals surface area contributed by atoms with E-state index in [4.69, 9.17) is 4.84 Å². The van der Waals surface area contributed by atoms with E-state index in [-0.39, 0.29) is 5.91 Å². The average Bonchev–Trinajstić information content (AvgIpc) is 3.24. The Labute approximate surface area is 148 Å². The van der Waals surface area contributed by atoms with Crippen LogP contribution in [0.5, 0.6) is 0 Å². The molecule has 4 rings (SSSR count). The number of hydroxylamine groups is 1. The Kier molecular flexibility index (Phi) is 4.28. The normalized spacial score (nSPS) is 10.9. The first-order chi connectivity index (χ1) is 12.3. The summed E-state index contributed by atoms with van der Waals surface area (Å²) in [5.41, 5.74) is 5.53. The topological polar surface area (TPSA) is 55.6 Å². The van der Waals surface area contributed by atoms with E-state index >= 15 is 0 Å². The number of hydrogen-bond acceptors (Lipinski definition) is 4.